The lowest BCUT2D eigenvalue weighted by molar-refractivity contribution is -0.142. The third-order valence-electron chi connectivity index (χ3n) is 3.46. The second kappa shape index (κ2) is 8.09. The molecule has 3 amide bonds. The average Bonchev–Trinajstić information content (AvgIpc) is 3.43. The molecule has 0 spiro atoms. The number of anilines is 1. The number of carbonyl (C=O) groups excluding carboxylic acids is 4. The molecule has 2 rings (SSSR count). The Labute approximate surface area is 138 Å². The van der Waals surface area contributed by atoms with E-state index in [-0.39, 0.29) is 24.7 Å². The molecule has 8 nitrogen and oxygen atoms in total. The number of rotatable bonds is 6. The van der Waals surface area contributed by atoms with Crippen molar-refractivity contribution in [2.24, 2.45) is 5.92 Å². The number of nitrogens with one attached hydrogen (secondary N) is 3. The summed E-state index contributed by atoms with van der Waals surface area (Å²) < 4.78 is 4.42. The molecular weight excluding hydrogens is 314 g/mol. The molecule has 1 fully saturated rings. The summed E-state index contributed by atoms with van der Waals surface area (Å²) in [7, 11) is 1.23. The molecule has 0 radical (unpaired) electrons. The molecule has 0 aliphatic heterocycles. The fraction of sp³-hybridized carbons (Fsp3) is 0.375. The smallest absolute Gasteiger partial charge is 0.306 e. The Morgan fingerprint density at radius 1 is 1.04 bits per heavy atom. The zero-order valence-corrected chi connectivity index (χ0v) is 13.3. The van der Waals surface area contributed by atoms with Gasteiger partial charge < -0.3 is 10.1 Å². The van der Waals surface area contributed by atoms with E-state index < -0.39 is 17.8 Å². The minimum absolute atomic E-state index is 0.00919. The van der Waals surface area contributed by atoms with Gasteiger partial charge in [-0.3, -0.25) is 30.0 Å². The zero-order chi connectivity index (χ0) is 17.5. The normalized spacial score (nSPS) is 12.9. The van der Waals surface area contributed by atoms with E-state index in [1.54, 1.807) is 24.3 Å². The molecule has 0 aromatic heterocycles. The van der Waals surface area contributed by atoms with Gasteiger partial charge in [0.1, 0.15) is 0 Å². The summed E-state index contributed by atoms with van der Waals surface area (Å²) in [5, 5.41) is 2.77. The Morgan fingerprint density at radius 3 is 2.29 bits per heavy atom. The highest BCUT2D eigenvalue weighted by atomic mass is 16.5. The lowest BCUT2D eigenvalue weighted by Gasteiger charge is -2.08. The van der Waals surface area contributed by atoms with Gasteiger partial charge >= 0.3 is 5.97 Å². The van der Waals surface area contributed by atoms with E-state index in [0.717, 1.165) is 12.8 Å². The van der Waals surface area contributed by atoms with Gasteiger partial charge in [-0.15, -0.1) is 0 Å². The van der Waals surface area contributed by atoms with E-state index in [4.69, 9.17) is 0 Å². The number of hydrogen-bond acceptors (Lipinski definition) is 5. The topological polar surface area (TPSA) is 114 Å². The van der Waals surface area contributed by atoms with Crippen molar-refractivity contribution in [1.82, 2.24) is 10.9 Å². The lowest BCUT2D eigenvalue weighted by Crippen LogP contribution is -2.41. The molecule has 1 aromatic carbocycles. The maximum Gasteiger partial charge on any atom is 0.306 e. The Balaban J connectivity index is 1.76. The fourth-order valence-corrected chi connectivity index (χ4v) is 1.87. The highest BCUT2D eigenvalue weighted by Gasteiger charge is 2.29. The molecule has 128 valence electrons. The number of hydrogen-bond donors (Lipinski definition) is 3. The minimum Gasteiger partial charge on any atom is -0.469 e. The van der Waals surface area contributed by atoms with Gasteiger partial charge in [0.2, 0.25) is 11.8 Å². The van der Waals surface area contributed by atoms with E-state index in [0.29, 0.717) is 11.3 Å². The number of benzene rings is 1. The highest BCUT2D eigenvalue weighted by molar-refractivity contribution is 5.97. The third kappa shape index (κ3) is 5.38. The molecule has 1 aliphatic carbocycles. The molecule has 0 saturated heterocycles. The number of amides is 3. The Hall–Kier alpha value is -2.90. The van der Waals surface area contributed by atoms with Crippen molar-refractivity contribution in [3.05, 3.63) is 29.8 Å². The van der Waals surface area contributed by atoms with Gasteiger partial charge in [-0.25, -0.2) is 0 Å². The molecule has 1 saturated carbocycles. The molecule has 8 heteroatoms. The van der Waals surface area contributed by atoms with Crippen molar-refractivity contribution < 1.29 is 23.9 Å². The summed E-state index contributed by atoms with van der Waals surface area (Å²) in [6, 6.07) is 6.32. The van der Waals surface area contributed by atoms with Gasteiger partial charge in [0.05, 0.1) is 13.5 Å². The molecule has 0 atom stereocenters. The first-order valence-corrected chi connectivity index (χ1v) is 7.56. The number of ether oxygens (including phenoxy) is 1. The number of methoxy groups -OCH3 is 1. The predicted octanol–water partition coefficient (Wildman–Crippen LogP) is 0.749. The predicted molar refractivity (Wildman–Crippen MR) is 84.7 cm³/mol. The second-order valence-corrected chi connectivity index (χ2v) is 5.42. The van der Waals surface area contributed by atoms with Crippen molar-refractivity contribution in [3.63, 3.8) is 0 Å². The molecule has 0 unspecified atom stereocenters. The maximum atomic E-state index is 11.9. The SMILES string of the molecule is COC(=O)CCC(=O)NNC(=O)c1ccc(NC(=O)C2CC2)cc1. The molecular formula is C16H19N3O5. The number of esters is 1. The molecule has 1 aromatic rings. The van der Waals surface area contributed by atoms with E-state index in [1.165, 1.54) is 7.11 Å². The zero-order valence-electron chi connectivity index (χ0n) is 13.3. The van der Waals surface area contributed by atoms with Crippen molar-refractivity contribution in [1.29, 1.82) is 0 Å². The van der Waals surface area contributed by atoms with Crippen molar-refractivity contribution in [2.75, 3.05) is 12.4 Å². The highest BCUT2D eigenvalue weighted by Crippen LogP contribution is 2.30. The Bertz CT molecular complexity index is 638. The largest absolute Gasteiger partial charge is 0.469 e. The van der Waals surface area contributed by atoms with Gasteiger partial charge in [-0.1, -0.05) is 0 Å². The first-order valence-electron chi connectivity index (χ1n) is 7.56. The first-order chi connectivity index (χ1) is 11.5. The van der Waals surface area contributed by atoms with Gasteiger partial charge in [-0.2, -0.15) is 0 Å². The maximum absolute atomic E-state index is 11.9. The van der Waals surface area contributed by atoms with Gasteiger partial charge in [0.25, 0.3) is 5.91 Å². The van der Waals surface area contributed by atoms with Crippen LogP contribution in [-0.2, 0) is 19.1 Å². The van der Waals surface area contributed by atoms with Crippen LogP contribution in [0.4, 0.5) is 5.69 Å². The van der Waals surface area contributed by atoms with Gasteiger partial charge in [0.15, 0.2) is 0 Å². The number of carbonyl (C=O) groups is 4. The summed E-state index contributed by atoms with van der Waals surface area (Å²) in [4.78, 5) is 45.9. The van der Waals surface area contributed by atoms with Gasteiger partial charge in [0, 0.05) is 23.6 Å². The molecule has 3 N–H and O–H groups in total. The van der Waals surface area contributed by atoms with E-state index >= 15 is 0 Å². The summed E-state index contributed by atoms with van der Waals surface area (Å²) in [6.07, 6.45) is 1.69. The lowest BCUT2D eigenvalue weighted by atomic mass is 10.2. The van der Waals surface area contributed by atoms with Crippen LogP contribution in [0.3, 0.4) is 0 Å². The van der Waals surface area contributed by atoms with E-state index in [9.17, 15) is 19.2 Å². The van der Waals surface area contributed by atoms with Crippen LogP contribution in [0, 0.1) is 5.92 Å². The van der Waals surface area contributed by atoms with Crippen LogP contribution >= 0.6 is 0 Å². The molecule has 1 aliphatic rings. The quantitative estimate of drug-likeness (QED) is 0.525. The minimum atomic E-state index is -0.500. The first kappa shape index (κ1) is 17.5. The van der Waals surface area contributed by atoms with Gasteiger partial charge in [-0.05, 0) is 37.1 Å². The molecule has 24 heavy (non-hydrogen) atoms. The van der Waals surface area contributed by atoms with Crippen molar-refractivity contribution in [2.45, 2.75) is 25.7 Å². The molecule has 0 bridgehead atoms. The van der Waals surface area contributed by atoms with Crippen LogP contribution in [0.2, 0.25) is 0 Å². The Kier molecular flexibility index (Phi) is 5.89. The monoisotopic (exact) mass is 333 g/mol. The van der Waals surface area contributed by atoms with Crippen LogP contribution in [0.5, 0.6) is 0 Å². The van der Waals surface area contributed by atoms with Crippen LogP contribution in [-0.4, -0.2) is 30.8 Å². The summed E-state index contributed by atoms with van der Waals surface area (Å²) in [5.41, 5.74) is 5.41. The van der Waals surface area contributed by atoms with Crippen molar-refractivity contribution >= 4 is 29.4 Å². The summed E-state index contributed by atoms with van der Waals surface area (Å²) in [5.74, 6) is -1.40. The van der Waals surface area contributed by atoms with Crippen LogP contribution < -0.4 is 16.2 Å². The van der Waals surface area contributed by atoms with Crippen LogP contribution in [0.25, 0.3) is 0 Å². The average molecular weight is 333 g/mol. The summed E-state index contributed by atoms with van der Waals surface area (Å²) in [6.45, 7) is 0. The number of hydrazine groups is 1. The fourth-order valence-electron chi connectivity index (χ4n) is 1.87. The Morgan fingerprint density at radius 2 is 1.71 bits per heavy atom. The van der Waals surface area contributed by atoms with Crippen LogP contribution in [0.15, 0.2) is 24.3 Å². The summed E-state index contributed by atoms with van der Waals surface area (Å²) >= 11 is 0. The van der Waals surface area contributed by atoms with E-state index in [2.05, 4.69) is 20.9 Å². The molecule has 0 heterocycles. The van der Waals surface area contributed by atoms with E-state index in [1.807, 2.05) is 0 Å². The second-order valence-electron chi connectivity index (χ2n) is 5.42. The van der Waals surface area contributed by atoms with Crippen molar-refractivity contribution in [3.8, 4) is 0 Å². The third-order valence-corrected chi connectivity index (χ3v) is 3.46. The standard InChI is InChI=1S/C16H19N3O5/c1-24-14(21)9-8-13(20)18-19-16(23)11-4-6-12(7-5-11)17-15(22)10-2-3-10/h4-7,10H,2-3,8-9H2,1H3,(H,17,22)(H,18,20)(H,19,23). The van der Waals surface area contributed by atoms with Crippen LogP contribution in [0.1, 0.15) is 36.0 Å².